The molecule has 1 N–H and O–H groups in total. The standard InChI is InChI=1S/C28H35N3O2/c1-21(2)33-26-13-6-10-23(16-26)17-30-19-24-11-7-12-25(20-30)28(24,32)27-29-14-15-31(27)18-22-8-4-3-5-9-22/h3-6,8-10,13-16,21,24-25,32H,7,11-12,17-20H2,1-2H3/t24-,25-/m0/s1. The minimum absolute atomic E-state index is 0.171. The van der Waals surface area contributed by atoms with Crippen molar-refractivity contribution in [3.63, 3.8) is 0 Å². The van der Waals surface area contributed by atoms with E-state index >= 15 is 0 Å². The van der Waals surface area contributed by atoms with Gasteiger partial charge >= 0.3 is 0 Å². The number of fused-ring (bicyclic) bond motifs is 2. The van der Waals surface area contributed by atoms with Crippen molar-refractivity contribution in [3.05, 3.63) is 83.9 Å². The van der Waals surface area contributed by atoms with E-state index in [2.05, 4.69) is 65.8 Å². The minimum Gasteiger partial charge on any atom is -0.491 e. The van der Waals surface area contributed by atoms with E-state index in [9.17, 15) is 5.11 Å². The molecular formula is C28H35N3O2. The van der Waals surface area contributed by atoms with Gasteiger partial charge in [0.05, 0.1) is 6.10 Å². The Morgan fingerprint density at radius 3 is 2.45 bits per heavy atom. The van der Waals surface area contributed by atoms with E-state index < -0.39 is 5.60 Å². The number of aromatic nitrogens is 2. The van der Waals surface area contributed by atoms with Crippen molar-refractivity contribution in [3.8, 4) is 5.75 Å². The van der Waals surface area contributed by atoms with Crippen LogP contribution in [0.4, 0.5) is 0 Å². The fourth-order valence-corrected chi connectivity index (χ4v) is 5.85. The van der Waals surface area contributed by atoms with E-state index in [1.807, 2.05) is 24.5 Å². The van der Waals surface area contributed by atoms with Gasteiger partial charge in [-0.05, 0) is 49.9 Å². The van der Waals surface area contributed by atoms with Gasteiger partial charge in [-0.3, -0.25) is 4.90 Å². The van der Waals surface area contributed by atoms with Crippen LogP contribution in [0.15, 0.2) is 67.0 Å². The first kappa shape index (κ1) is 22.2. The molecule has 0 unspecified atom stereocenters. The lowest BCUT2D eigenvalue weighted by atomic mass is 9.65. The second-order valence-electron chi connectivity index (χ2n) is 10.0. The molecular weight excluding hydrogens is 410 g/mol. The van der Waals surface area contributed by atoms with Crippen LogP contribution in [-0.4, -0.2) is 38.8 Å². The minimum atomic E-state index is -0.865. The zero-order chi connectivity index (χ0) is 22.8. The summed E-state index contributed by atoms with van der Waals surface area (Å²) in [5.74, 6) is 2.15. The van der Waals surface area contributed by atoms with E-state index in [-0.39, 0.29) is 17.9 Å². The van der Waals surface area contributed by atoms with Gasteiger partial charge in [-0.15, -0.1) is 0 Å². The third-order valence-electron chi connectivity index (χ3n) is 7.25. The average Bonchev–Trinajstić information content (AvgIpc) is 3.24. The molecule has 33 heavy (non-hydrogen) atoms. The van der Waals surface area contributed by atoms with Gasteiger partial charge < -0.3 is 14.4 Å². The molecule has 0 radical (unpaired) electrons. The topological polar surface area (TPSA) is 50.5 Å². The van der Waals surface area contributed by atoms with E-state index in [4.69, 9.17) is 9.72 Å². The second-order valence-corrected chi connectivity index (χ2v) is 10.0. The van der Waals surface area contributed by atoms with Crippen molar-refractivity contribution < 1.29 is 9.84 Å². The molecule has 1 aliphatic heterocycles. The lowest BCUT2D eigenvalue weighted by Crippen LogP contribution is -2.58. The molecule has 5 heteroatoms. The Balaban J connectivity index is 1.35. The molecule has 2 atom stereocenters. The number of ether oxygens (including phenoxy) is 1. The summed E-state index contributed by atoms with van der Waals surface area (Å²) in [6.45, 7) is 7.52. The SMILES string of the molecule is CC(C)Oc1cccc(CN2C[C@@H]3CCC[C@@H](C2)C3(O)c2nccn2Cc2ccccc2)c1. The van der Waals surface area contributed by atoms with Crippen LogP contribution in [0, 0.1) is 11.8 Å². The van der Waals surface area contributed by atoms with Gasteiger partial charge in [-0.25, -0.2) is 4.98 Å². The molecule has 3 aromatic rings. The second kappa shape index (κ2) is 9.32. The largest absolute Gasteiger partial charge is 0.491 e. The number of hydrogen-bond donors (Lipinski definition) is 1. The molecule has 2 heterocycles. The van der Waals surface area contributed by atoms with Gasteiger partial charge in [0.25, 0.3) is 0 Å². The number of benzene rings is 2. The van der Waals surface area contributed by atoms with Crippen molar-refractivity contribution in [2.45, 2.75) is 57.9 Å². The summed E-state index contributed by atoms with van der Waals surface area (Å²) < 4.78 is 8.05. The van der Waals surface area contributed by atoms with E-state index in [1.165, 1.54) is 17.5 Å². The summed E-state index contributed by atoms with van der Waals surface area (Å²) in [5.41, 5.74) is 1.63. The Labute approximate surface area is 197 Å². The third kappa shape index (κ3) is 4.57. The summed E-state index contributed by atoms with van der Waals surface area (Å²) in [6.07, 6.45) is 7.30. The molecule has 2 aromatic carbocycles. The Morgan fingerprint density at radius 1 is 1.00 bits per heavy atom. The number of likely N-dealkylation sites (tertiary alicyclic amines) is 1. The normalized spacial score (nSPS) is 25.3. The zero-order valence-corrected chi connectivity index (χ0v) is 19.7. The fourth-order valence-electron chi connectivity index (χ4n) is 5.85. The maximum atomic E-state index is 12.2. The number of nitrogens with zero attached hydrogens (tertiary/aromatic N) is 3. The van der Waals surface area contributed by atoms with Crippen LogP contribution in [-0.2, 0) is 18.7 Å². The number of hydrogen-bond acceptors (Lipinski definition) is 4. The van der Waals surface area contributed by atoms with Gasteiger partial charge in [-0.2, -0.15) is 0 Å². The van der Waals surface area contributed by atoms with Crippen LogP contribution in [0.2, 0.25) is 0 Å². The molecule has 2 bridgehead atoms. The molecule has 2 fully saturated rings. The summed E-state index contributed by atoms with van der Waals surface area (Å²) in [4.78, 5) is 7.23. The smallest absolute Gasteiger partial charge is 0.141 e. The predicted octanol–water partition coefficient (Wildman–Crippen LogP) is 4.84. The van der Waals surface area contributed by atoms with Crippen LogP contribution in [0.3, 0.4) is 0 Å². The first-order valence-corrected chi connectivity index (χ1v) is 12.3. The first-order chi connectivity index (χ1) is 16.0. The maximum absolute atomic E-state index is 12.2. The van der Waals surface area contributed by atoms with Crippen molar-refractivity contribution in [2.75, 3.05) is 13.1 Å². The van der Waals surface area contributed by atoms with Crippen molar-refractivity contribution >= 4 is 0 Å². The van der Waals surface area contributed by atoms with Gasteiger partial charge in [0.15, 0.2) is 0 Å². The molecule has 1 saturated carbocycles. The first-order valence-electron chi connectivity index (χ1n) is 12.3. The molecule has 1 aliphatic carbocycles. The molecule has 5 rings (SSSR count). The van der Waals surface area contributed by atoms with Crippen LogP contribution < -0.4 is 4.74 Å². The summed E-state index contributed by atoms with van der Waals surface area (Å²) in [5, 5.41) is 12.2. The lowest BCUT2D eigenvalue weighted by molar-refractivity contribution is -0.155. The highest BCUT2D eigenvalue weighted by molar-refractivity contribution is 5.29. The molecule has 2 aliphatic rings. The van der Waals surface area contributed by atoms with Gasteiger partial charge in [0.2, 0.25) is 0 Å². The monoisotopic (exact) mass is 445 g/mol. The predicted molar refractivity (Wildman–Crippen MR) is 130 cm³/mol. The Morgan fingerprint density at radius 2 is 1.73 bits per heavy atom. The van der Waals surface area contributed by atoms with Crippen molar-refractivity contribution in [1.29, 1.82) is 0 Å². The van der Waals surface area contributed by atoms with E-state index in [0.717, 1.165) is 50.6 Å². The van der Waals surface area contributed by atoms with Crippen LogP contribution in [0.1, 0.15) is 50.1 Å². The number of aliphatic hydroxyl groups is 1. The summed E-state index contributed by atoms with van der Waals surface area (Å²) in [6, 6.07) is 18.9. The molecule has 1 aromatic heterocycles. The van der Waals surface area contributed by atoms with Crippen molar-refractivity contribution in [1.82, 2.24) is 14.5 Å². The maximum Gasteiger partial charge on any atom is 0.141 e. The number of imidazole rings is 1. The number of rotatable bonds is 7. The lowest BCUT2D eigenvalue weighted by Gasteiger charge is -2.52. The Bertz CT molecular complexity index is 1050. The highest BCUT2D eigenvalue weighted by Crippen LogP contribution is 2.49. The van der Waals surface area contributed by atoms with Gasteiger partial charge in [0, 0.05) is 50.4 Å². The Kier molecular flexibility index (Phi) is 6.26. The quantitative estimate of drug-likeness (QED) is 0.566. The van der Waals surface area contributed by atoms with Crippen LogP contribution >= 0.6 is 0 Å². The average molecular weight is 446 g/mol. The molecule has 0 amide bonds. The number of piperidine rings is 1. The molecule has 5 nitrogen and oxygen atoms in total. The molecule has 0 spiro atoms. The summed E-state index contributed by atoms with van der Waals surface area (Å²) in [7, 11) is 0. The van der Waals surface area contributed by atoms with Crippen LogP contribution in [0.5, 0.6) is 5.75 Å². The van der Waals surface area contributed by atoms with E-state index in [0.29, 0.717) is 0 Å². The fraction of sp³-hybridized carbons (Fsp3) is 0.464. The molecule has 1 saturated heterocycles. The van der Waals surface area contributed by atoms with Crippen LogP contribution in [0.25, 0.3) is 0 Å². The zero-order valence-electron chi connectivity index (χ0n) is 19.7. The Hall–Kier alpha value is -2.63. The summed E-state index contributed by atoms with van der Waals surface area (Å²) >= 11 is 0. The highest BCUT2D eigenvalue weighted by atomic mass is 16.5. The van der Waals surface area contributed by atoms with Gasteiger partial charge in [-0.1, -0.05) is 48.9 Å². The van der Waals surface area contributed by atoms with Gasteiger partial charge in [0.1, 0.15) is 17.2 Å². The highest BCUT2D eigenvalue weighted by Gasteiger charge is 2.53. The molecule has 174 valence electrons. The van der Waals surface area contributed by atoms with E-state index in [1.54, 1.807) is 0 Å². The van der Waals surface area contributed by atoms with Crippen molar-refractivity contribution in [2.24, 2.45) is 11.8 Å². The third-order valence-corrected chi connectivity index (χ3v) is 7.25.